The maximum absolute atomic E-state index is 13.7. The Morgan fingerprint density at radius 3 is 2.45 bits per heavy atom. The molecule has 0 radical (unpaired) electrons. The Balaban J connectivity index is 2.07. The van der Waals surface area contributed by atoms with Crippen molar-refractivity contribution < 1.29 is 14.2 Å². The van der Waals surface area contributed by atoms with E-state index in [0.29, 0.717) is 12.4 Å². The normalized spacial score (nSPS) is 12.2. The molecule has 3 heteroatoms. The Kier molecular flexibility index (Phi) is 4.40. The molecule has 0 heterocycles. The van der Waals surface area contributed by atoms with Crippen LogP contribution in [0.25, 0.3) is 0 Å². The van der Waals surface area contributed by atoms with E-state index in [2.05, 4.69) is 19.9 Å². The van der Waals surface area contributed by atoms with Gasteiger partial charge in [-0.1, -0.05) is 18.2 Å². The van der Waals surface area contributed by atoms with Crippen molar-refractivity contribution in [3.05, 3.63) is 64.5 Å². The maximum Gasteiger partial charge on any atom is 0.132 e. The van der Waals surface area contributed by atoms with Crippen LogP contribution in [0.15, 0.2) is 36.4 Å². The molecule has 2 aromatic rings. The highest BCUT2D eigenvalue weighted by molar-refractivity contribution is 5.32. The van der Waals surface area contributed by atoms with Crippen molar-refractivity contribution in [1.82, 2.24) is 0 Å². The second kappa shape index (κ2) is 6.06. The van der Waals surface area contributed by atoms with E-state index < -0.39 is 11.9 Å². The number of benzene rings is 2. The van der Waals surface area contributed by atoms with E-state index in [-0.39, 0.29) is 5.56 Å². The second-order valence-corrected chi connectivity index (χ2v) is 5.07. The number of rotatable bonds is 4. The Morgan fingerprint density at radius 1 is 1.10 bits per heavy atom. The van der Waals surface area contributed by atoms with E-state index >= 15 is 0 Å². The largest absolute Gasteiger partial charge is 0.489 e. The van der Waals surface area contributed by atoms with Gasteiger partial charge in [-0.2, -0.15) is 0 Å². The topological polar surface area (TPSA) is 29.5 Å². The second-order valence-electron chi connectivity index (χ2n) is 5.07. The molecule has 0 bridgehead atoms. The fourth-order valence-electron chi connectivity index (χ4n) is 2.00. The minimum Gasteiger partial charge on any atom is -0.489 e. The lowest BCUT2D eigenvalue weighted by molar-refractivity contribution is 0.194. The number of halogens is 1. The van der Waals surface area contributed by atoms with Gasteiger partial charge in [0.2, 0.25) is 0 Å². The summed E-state index contributed by atoms with van der Waals surface area (Å²) >= 11 is 0. The van der Waals surface area contributed by atoms with Crippen LogP contribution < -0.4 is 4.74 Å². The minimum absolute atomic E-state index is 0.281. The molecule has 0 aromatic heterocycles. The molecule has 0 saturated carbocycles. The standard InChI is InChI=1S/C17H19FO2/c1-11-4-5-14(8-12(11)2)10-20-15-6-7-16(13(3)19)17(18)9-15/h4-9,13,19H,10H2,1-3H3/t13-/m1/s1. The van der Waals surface area contributed by atoms with E-state index in [0.717, 1.165) is 5.56 Å². The van der Waals surface area contributed by atoms with Crippen molar-refractivity contribution in [2.24, 2.45) is 0 Å². The van der Waals surface area contributed by atoms with Crippen LogP contribution in [-0.4, -0.2) is 5.11 Å². The summed E-state index contributed by atoms with van der Waals surface area (Å²) in [5.74, 6) is 0.0164. The van der Waals surface area contributed by atoms with Crippen LogP contribution in [0.2, 0.25) is 0 Å². The first kappa shape index (κ1) is 14.5. The summed E-state index contributed by atoms with van der Waals surface area (Å²) in [5, 5.41) is 9.38. The van der Waals surface area contributed by atoms with Crippen molar-refractivity contribution in [3.63, 3.8) is 0 Å². The molecule has 2 nitrogen and oxygen atoms in total. The third kappa shape index (κ3) is 3.36. The van der Waals surface area contributed by atoms with E-state index in [1.165, 1.54) is 24.1 Å². The van der Waals surface area contributed by atoms with Crippen LogP contribution in [0.1, 0.15) is 35.3 Å². The smallest absolute Gasteiger partial charge is 0.132 e. The molecule has 20 heavy (non-hydrogen) atoms. The predicted molar refractivity (Wildman–Crippen MR) is 77.3 cm³/mol. The summed E-state index contributed by atoms with van der Waals surface area (Å²) < 4.78 is 19.3. The fourth-order valence-corrected chi connectivity index (χ4v) is 2.00. The van der Waals surface area contributed by atoms with Crippen molar-refractivity contribution in [3.8, 4) is 5.75 Å². The summed E-state index contributed by atoms with van der Waals surface area (Å²) in [7, 11) is 0. The number of hydrogen-bond donors (Lipinski definition) is 1. The van der Waals surface area contributed by atoms with Gasteiger partial charge in [0.25, 0.3) is 0 Å². The van der Waals surface area contributed by atoms with Crippen molar-refractivity contribution in [2.45, 2.75) is 33.5 Å². The third-order valence-electron chi connectivity index (χ3n) is 3.40. The number of aliphatic hydroxyl groups is 1. The van der Waals surface area contributed by atoms with E-state index in [1.807, 2.05) is 12.1 Å². The first-order valence-corrected chi connectivity index (χ1v) is 6.64. The van der Waals surface area contributed by atoms with Crippen molar-refractivity contribution in [1.29, 1.82) is 0 Å². The number of aliphatic hydroxyl groups excluding tert-OH is 1. The van der Waals surface area contributed by atoms with Crippen molar-refractivity contribution >= 4 is 0 Å². The Morgan fingerprint density at radius 2 is 1.85 bits per heavy atom. The van der Waals surface area contributed by atoms with Gasteiger partial charge in [-0.15, -0.1) is 0 Å². The molecule has 2 rings (SSSR count). The molecular formula is C17H19FO2. The first-order valence-electron chi connectivity index (χ1n) is 6.64. The van der Waals surface area contributed by atoms with Crippen LogP contribution >= 0.6 is 0 Å². The zero-order valence-corrected chi connectivity index (χ0v) is 12.0. The fraction of sp³-hybridized carbons (Fsp3) is 0.294. The Labute approximate surface area is 118 Å². The zero-order chi connectivity index (χ0) is 14.7. The third-order valence-corrected chi connectivity index (χ3v) is 3.40. The number of ether oxygens (including phenoxy) is 1. The number of hydrogen-bond acceptors (Lipinski definition) is 2. The first-order chi connectivity index (χ1) is 9.47. The summed E-state index contributed by atoms with van der Waals surface area (Å²) in [6, 6.07) is 10.6. The summed E-state index contributed by atoms with van der Waals surface area (Å²) in [5.41, 5.74) is 3.78. The Hall–Kier alpha value is -1.87. The van der Waals surface area contributed by atoms with Gasteiger partial charge in [0.15, 0.2) is 0 Å². The lowest BCUT2D eigenvalue weighted by Gasteiger charge is -2.11. The lowest BCUT2D eigenvalue weighted by atomic mass is 10.1. The minimum atomic E-state index is -0.816. The van der Waals surface area contributed by atoms with E-state index in [1.54, 1.807) is 12.1 Å². The van der Waals surface area contributed by atoms with Crippen LogP contribution in [0, 0.1) is 19.7 Å². The molecule has 0 fully saturated rings. The van der Waals surface area contributed by atoms with Crippen LogP contribution in [0.5, 0.6) is 5.75 Å². The van der Waals surface area contributed by atoms with E-state index in [4.69, 9.17) is 4.74 Å². The molecule has 106 valence electrons. The summed E-state index contributed by atoms with van der Waals surface area (Å²) in [6.45, 7) is 6.04. The van der Waals surface area contributed by atoms with Gasteiger partial charge in [-0.05, 0) is 49.6 Å². The van der Waals surface area contributed by atoms with Gasteiger partial charge in [-0.25, -0.2) is 4.39 Å². The van der Waals surface area contributed by atoms with Crippen molar-refractivity contribution in [2.75, 3.05) is 0 Å². The van der Waals surface area contributed by atoms with Gasteiger partial charge in [-0.3, -0.25) is 0 Å². The molecule has 0 aliphatic heterocycles. The lowest BCUT2D eigenvalue weighted by Crippen LogP contribution is -1.99. The average molecular weight is 274 g/mol. The molecule has 0 saturated heterocycles. The van der Waals surface area contributed by atoms with Crippen LogP contribution in [-0.2, 0) is 6.61 Å². The summed E-state index contributed by atoms with van der Waals surface area (Å²) in [4.78, 5) is 0. The van der Waals surface area contributed by atoms with Crippen LogP contribution in [0.4, 0.5) is 4.39 Å². The van der Waals surface area contributed by atoms with Gasteiger partial charge in [0.1, 0.15) is 18.2 Å². The summed E-state index contributed by atoms with van der Waals surface area (Å²) in [6.07, 6.45) is -0.816. The highest BCUT2D eigenvalue weighted by Crippen LogP contribution is 2.22. The zero-order valence-electron chi connectivity index (χ0n) is 12.0. The molecule has 2 aromatic carbocycles. The Bertz CT molecular complexity index is 606. The van der Waals surface area contributed by atoms with E-state index in [9.17, 15) is 9.50 Å². The molecule has 0 spiro atoms. The molecule has 0 aliphatic carbocycles. The molecule has 1 atom stereocenters. The average Bonchev–Trinajstić information content (AvgIpc) is 2.40. The van der Waals surface area contributed by atoms with Gasteiger partial charge >= 0.3 is 0 Å². The maximum atomic E-state index is 13.7. The number of aryl methyl sites for hydroxylation is 2. The SMILES string of the molecule is Cc1ccc(COc2ccc([C@@H](C)O)c(F)c2)cc1C. The van der Waals surface area contributed by atoms with Gasteiger partial charge < -0.3 is 9.84 Å². The van der Waals surface area contributed by atoms with Gasteiger partial charge in [0.05, 0.1) is 6.10 Å². The highest BCUT2D eigenvalue weighted by atomic mass is 19.1. The molecule has 0 aliphatic rings. The monoisotopic (exact) mass is 274 g/mol. The quantitative estimate of drug-likeness (QED) is 0.910. The molecule has 0 amide bonds. The highest BCUT2D eigenvalue weighted by Gasteiger charge is 2.09. The van der Waals surface area contributed by atoms with Crippen LogP contribution in [0.3, 0.4) is 0 Å². The predicted octanol–water partition coefficient (Wildman–Crippen LogP) is 4.07. The molecular weight excluding hydrogens is 255 g/mol. The van der Waals surface area contributed by atoms with Gasteiger partial charge in [0, 0.05) is 11.6 Å². The molecule has 1 N–H and O–H groups in total. The molecule has 0 unspecified atom stereocenters.